The molecule has 17 heavy (non-hydrogen) atoms. The summed E-state index contributed by atoms with van der Waals surface area (Å²) < 4.78 is 0. The van der Waals surface area contributed by atoms with Crippen molar-refractivity contribution < 1.29 is 0 Å². The Bertz CT molecular complexity index is 501. The second-order valence-corrected chi connectivity index (χ2v) is 4.42. The highest BCUT2D eigenvalue weighted by Crippen LogP contribution is 2.16. The van der Waals surface area contributed by atoms with E-state index in [0.29, 0.717) is 0 Å². The van der Waals surface area contributed by atoms with Gasteiger partial charge in [0, 0.05) is 17.9 Å². The lowest BCUT2D eigenvalue weighted by Crippen LogP contribution is -2.03. The van der Waals surface area contributed by atoms with Gasteiger partial charge in [0.05, 0.1) is 0 Å². The Labute approximate surface area is 102 Å². The van der Waals surface area contributed by atoms with Crippen molar-refractivity contribution in [3.8, 4) is 0 Å². The third-order valence-corrected chi connectivity index (χ3v) is 2.83. The van der Waals surface area contributed by atoms with E-state index in [0.717, 1.165) is 23.5 Å². The van der Waals surface area contributed by atoms with E-state index in [-0.39, 0.29) is 0 Å². The molecule has 0 radical (unpaired) electrons. The molecule has 0 fully saturated rings. The molecule has 0 aliphatic rings. The highest BCUT2D eigenvalue weighted by atomic mass is 14.9. The second-order valence-electron chi connectivity index (χ2n) is 4.42. The van der Waals surface area contributed by atoms with Crippen molar-refractivity contribution in [1.82, 2.24) is 0 Å². The van der Waals surface area contributed by atoms with Crippen LogP contribution in [0.2, 0.25) is 0 Å². The maximum absolute atomic E-state index is 5.94. The lowest BCUT2D eigenvalue weighted by Gasteiger charge is -2.10. The van der Waals surface area contributed by atoms with Crippen LogP contribution in [0, 0.1) is 13.8 Å². The first-order valence-corrected chi connectivity index (χ1v) is 5.81. The summed E-state index contributed by atoms with van der Waals surface area (Å²) in [6.45, 7) is 4.92. The highest BCUT2D eigenvalue weighted by Gasteiger charge is 1.99. The van der Waals surface area contributed by atoms with Crippen LogP contribution in [0.5, 0.6) is 0 Å². The van der Waals surface area contributed by atoms with Gasteiger partial charge in [-0.1, -0.05) is 35.4 Å². The summed E-state index contributed by atoms with van der Waals surface area (Å²) in [6, 6.07) is 14.5. The van der Waals surface area contributed by atoms with E-state index in [1.807, 2.05) is 12.1 Å². The number of anilines is 2. The van der Waals surface area contributed by atoms with E-state index in [1.165, 1.54) is 11.1 Å². The van der Waals surface area contributed by atoms with Crippen molar-refractivity contribution in [3.05, 3.63) is 59.2 Å². The molecule has 2 rings (SSSR count). The van der Waals surface area contributed by atoms with E-state index in [4.69, 9.17) is 5.73 Å². The van der Waals surface area contributed by atoms with Gasteiger partial charge in [-0.3, -0.25) is 0 Å². The molecule has 88 valence electrons. The number of aryl methyl sites for hydroxylation is 2. The normalized spacial score (nSPS) is 10.2. The third-order valence-electron chi connectivity index (χ3n) is 2.83. The maximum atomic E-state index is 5.94. The molecule has 0 heterocycles. The van der Waals surface area contributed by atoms with Crippen molar-refractivity contribution in [2.75, 3.05) is 11.1 Å². The number of nitrogen functional groups attached to an aromatic ring is 1. The first-order chi connectivity index (χ1) is 8.15. The molecular formula is C15H18N2. The number of hydrogen-bond donors (Lipinski definition) is 2. The second kappa shape index (κ2) is 4.91. The van der Waals surface area contributed by atoms with Gasteiger partial charge in [-0.2, -0.15) is 0 Å². The van der Waals surface area contributed by atoms with Crippen molar-refractivity contribution in [3.63, 3.8) is 0 Å². The van der Waals surface area contributed by atoms with Gasteiger partial charge in [0.2, 0.25) is 0 Å². The molecule has 2 nitrogen and oxygen atoms in total. The average Bonchev–Trinajstić information content (AvgIpc) is 2.32. The zero-order valence-electron chi connectivity index (χ0n) is 10.3. The summed E-state index contributed by atoms with van der Waals surface area (Å²) in [7, 11) is 0. The van der Waals surface area contributed by atoms with Crippen LogP contribution in [0.1, 0.15) is 16.7 Å². The monoisotopic (exact) mass is 226 g/mol. The predicted octanol–water partition coefficient (Wildman–Crippen LogP) is 3.50. The number of nitrogens with two attached hydrogens (primary N) is 1. The maximum Gasteiger partial charge on any atom is 0.0421 e. The molecular weight excluding hydrogens is 208 g/mol. The summed E-state index contributed by atoms with van der Waals surface area (Å²) in [4.78, 5) is 0. The number of benzene rings is 2. The van der Waals surface area contributed by atoms with E-state index in [1.54, 1.807) is 0 Å². The summed E-state index contributed by atoms with van der Waals surface area (Å²) in [5.41, 5.74) is 11.6. The SMILES string of the molecule is Cc1ccc(NCc2cc(C)ccc2N)cc1. The molecule has 0 aliphatic carbocycles. The molecule has 0 saturated heterocycles. The molecule has 0 unspecified atom stereocenters. The fraction of sp³-hybridized carbons (Fsp3) is 0.200. The van der Waals surface area contributed by atoms with Gasteiger partial charge in [-0.15, -0.1) is 0 Å². The van der Waals surface area contributed by atoms with E-state index < -0.39 is 0 Å². The zero-order chi connectivity index (χ0) is 12.3. The van der Waals surface area contributed by atoms with Crippen LogP contribution in [0.4, 0.5) is 11.4 Å². The standard InChI is InChI=1S/C15H18N2/c1-11-3-6-14(7-4-11)17-10-13-9-12(2)5-8-15(13)16/h3-9,17H,10,16H2,1-2H3. The first-order valence-electron chi connectivity index (χ1n) is 5.81. The summed E-state index contributed by atoms with van der Waals surface area (Å²) in [5.74, 6) is 0. The molecule has 0 amide bonds. The van der Waals surface area contributed by atoms with Crippen LogP contribution < -0.4 is 11.1 Å². The Balaban J connectivity index is 2.07. The smallest absolute Gasteiger partial charge is 0.0421 e. The Morgan fingerprint density at radius 2 is 1.59 bits per heavy atom. The topological polar surface area (TPSA) is 38.0 Å². The van der Waals surface area contributed by atoms with Crippen LogP contribution in [0.25, 0.3) is 0 Å². The molecule has 0 spiro atoms. The van der Waals surface area contributed by atoms with E-state index in [9.17, 15) is 0 Å². The quantitative estimate of drug-likeness (QED) is 0.786. The Hall–Kier alpha value is -1.96. The van der Waals surface area contributed by atoms with Gasteiger partial charge >= 0.3 is 0 Å². The van der Waals surface area contributed by atoms with Crippen LogP contribution in [0.3, 0.4) is 0 Å². The van der Waals surface area contributed by atoms with Crippen molar-refractivity contribution in [2.24, 2.45) is 0 Å². The summed E-state index contributed by atoms with van der Waals surface area (Å²) >= 11 is 0. The van der Waals surface area contributed by atoms with Gasteiger partial charge in [0.25, 0.3) is 0 Å². The highest BCUT2D eigenvalue weighted by molar-refractivity contribution is 5.51. The van der Waals surface area contributed by atoms with Gasteiger partial charge < -0.3 is 11.1 Å². The molecule has 0 atom stereocenters. The van der Waals surface area contributed by atoms with E-state index >= 15 is 0 Å². The van der Waals surface area contributed by atoms with Gasteiger partial charge in [0.15, 0.2) is 0 Å². The van der Waals surface area contributed by atoms with Crippen molar-refractivity contribution in [1.29, 1.82) is 0 Å². The predicted molar refractivity (Wildman–Crippen MR) is 74.1 cm³/mol. The van der Waals surface area contributed by atoms with Crippen LogP contribution in [0.15, 0.2) is 42.5 Å². The molecule has 2 aromatic rings. The molecule has 0 bridgehead atoms. The summed E-state index contributed by atoms with van der Waals surface area (Å²) in [6.07, 6.45) is 0. The summed E-state index contributed by atoms with van der Waals surface area (Å²) in [5, 5.41) is 3.38. The number of hydrogen-bond acceptors (Lipinski definition) is 2. The first kappa shape index (κ1) is 11.5. The molecule has 0 saturated carbocycles. The van der Waals surface area contributed by atoms with Gasteiger partial charge in [-0.25, -0.2) is 0 Å². The van der Waals surface area contributed by atoms with E-state index in [2.05, 4.69) is 49.5 Å². The molecule has 2 heteroatoms. The molecule has 3 N–H and O–H groups in total. The third kappa shape index (κ3) is 3.00. The zero-order valence-corrected chi connectivity index (χ0v) is 10.3. The minimum atomic E-state index is 0.760. The molecule has 0 aliphatic heterocycles. The molecule has 2 aromatic carbocycles. The van der Waals surface area contributed by atoms with Crippen LogP contribution in [-0.4, -0.2) is 0 Å². The van der Waals surface area contributed by atoms with Crippen LogP contribution in [-0.2, 0) is 6.54 Å². The Morgan fingerprint density at radius 3 is 2.29 bits per heavy atom. The lowest BCUT2D eigenvalue weighted by atomic mass is 10.1. The molecule has 0 aromatic heterocycles. The fourth-order valence-corrected chi connectivity index (χ4v) is 1.76. The average molecular weight is 226 g/mol. The number of nitrogens with one attached hydrogen (secondary N) is 1. The van der Waals surface area contributed by atoms with Crippen LogP contribution >= 0.6 is 0 Å². The van der Waals surface area contributed by atoms with Crippen molar-refractivity contribution >= 4 is 11.4 Å². The number of rotatable bonds is 3. The lowest BCUT2D eigenvalue weighted by molar-refractivity contribution is 1.14. The minimum absolute atomic E-state index is 0.760. The minimum Gasteiger partial charge on any atom is -0.398 e. The van der Waals surface area contributed by atoms with Crippen molar-refractivity contribution in [2.45, 2.75) is 20.4 Å². The Kier molecular flexibility index (Phi) is 3.33. The van der Waals surface area contributed by atoms with Gasteiger partial charge in [0.1, 0.15) is 0 Å². The fourth-order valence-electron chi connectivity index (χ4n) is 1.76. The Morgan fingerprint density at radius 1 is 0.941 bits per heavy atom. The van der Waals surface area contributed by atoms with Gasteiger partial charge in [-0.05, 0) is 37.6 Å². The largest absolute Gasteiger partial charge is 0.398 e.